The van der Waals surface area contributed by atoms with Gasteiger partial charge < -0.3 is 15.4 Å². The topological polar surface area (TPSA) is 62.4 Å². The summed E-state index contributed by atoms with van der Waals surface area (Å²) in [6.45, 7) is 1.99. The molecule has 1 aliphatic rings. The lowest BCUT2D eigenvalue weighted by molar-refractivity contribution is -0.123. The van der Waals surface area contributed by atoms with Gasteiger partial charge in [0.05, 0.1) is 7.11 Å². The van der Waals surface area contributed by atoms with Crippen LogP contribution < -0.4 is 20.7 Å². The van der Waals surface area contributed by atoms with E-state index in [9.17, 15) is 4.79 Å². The molecular formula is C12H17N3O2. The van der Waals surface area contributed by atoms with Crippen LogP contribution in [0.15, 0.2) is 24.3 Å². The first-order valence-corrected chi connectivity index (χ1v) is 5.63. The van der Waals surface area contributed by atoms with E-state index < -0.39 is 0 Å². The largest absolute Gasteiger partial charge is 0.497 e. The van der Waals surface area contributed by atoms with Crippen molar-refractivity contribution in [2.75, 3.05) is 12.4 Å². The standard InChI is InChI=1S/C12H17N3O2/c1-8-7-11(16)15-12(13-8)14-9-3-5-10(17-2)6-4-9/h3-6,8,12-14H,7H2,1-2H3,(H,15,16). The molecule has 5 heteroatoms. The van der Waals surface area contributed by atoms with Crippen molar-refractivity contribution in [2.45, 2.75) is 25.7 Å². The lowest BCUT2D eigenvalue weighted by Gasteiger charge is -2.30. The van der Waals surface area contributed by atoms with Crippen molar-refractivity contribution in [2.24, 2.45) is 0 Å². The molecule has 1 aromatic rings. The van der Waals surface area contributed by atoms with Gasteiger partial charge in [0.25, 0.3) is 0 Å². The maximum Gasteiger partial charge on any atom is 0.224 e. The number of methoxy groups -OCH3 is 1. The molecule has 0 saturated carbocycles. The zero-order valence-corrected chi connectivity index (χ0v) is 9.99. The normalized spacial score (nSPS) is 24.0. The van der Waals surface area contributed by atoms with E-state index in [0.717, 1.165) is 11.4 Å². The molecule has 0 bridgehead atoms. The van der Waals surface area contributed by atoms with Gasteiger partial charge in [-0.3, -0.25) is 10.1 Å². The molecule has 17 heavy (non-hydrogen) atoms. The zero-order chi connectivity index (χ0) is 12.3. The van der Waals surface area contributed by atoms with Gasteiger partial charge >= 0.3 is 0 Å². The van der Waals surface area contributed by atoms with Crippen molar-refractivity contribution in [3.05, 3.63) is 24.3 Å². The summed E-state index contributed by atoms with van der Waals surface area (Å²) in [5, 5.41) is 9.28. The quantitative estimate of drug-likeness (QED) is 0.728. The monoisotopic (exact) mass is 235 g/mol. The Balaban J connectivity index is 1.97. The van der Waals surface area contributed by atoms with E-state index in [1.807, 2.05) is 31.2 Å². The van der Waals surface area contributed by atoms with Crippen molar-refractivity contribution in [1.82, 2.24) is 10.6 Å². The molecule has 1 heterocycles. The molecule has 1 saturated heterocycles. The predicted molar refractivity (Wildman–Crippen MR) is 65.8 cm³/mol. The Hall–Kier alpha value is -1.75. The summed E-state index contributed by atoms with van der Waals surface area (Å²) >= 11 is 0. The second-order valence-corrected chi connectivity index (χ2v) is 4.15. The minimum Gasteiger partial charge on any atom is -0.497 e. The van der Waals surface area contributed by atoms with Crippen LogP contribution in [0.4, 0.5) is 5.69 Å². The smallest absolute Gasteiger partial charge is 0.224 e. The Bertz CT molecular complexity index is 391. The fraction of sp³-hybridized carbons (Fsp3) is 0.417. The van der Waals surface area contributed by atoms with Crippen LogP contribution in [0.2, 0.25) is 0 Å². The fourth-order valence-electron chi connectivity index (χ4n) is 1.81. The molecule has 1 amide bonds. The van der Waals surface area contributed by atoms with E-state index in [2.05, 4.69) is 16.0 Å². The molecule has 0 radical (unpaired) electrons. The van der Waals surface area contributed by atoms with Gasteiger partial charge in [0.15, 0.2) is 6.29 Å². The van der Waals surface area contributed by atoms with Gasteiger partial charge in [-0.25, -0.2) is 0 Å². The number of benzene rings is 1. The van der Waals surface area contributed by atoms with Crippen molar-refractivity contribution in [1.29, 1.82) is 0 Å². The van der Waals surface area contributed by atoms with Gasteiger partial charge in [-0.2, -0.15) is 0 Å². The summed E-state index contributed by atoms with van der Waals surface area (Å²) < 4.78 is 5.08. The van der Waals surface area contributed by atoms with Crippen molar-refractivity contribution < 1.29 is 9.53 Å². The fourth-order valence-corrected chi connectivity index (χ4v) is 1.81. The summed E-state index contributed by atoms with van der Waals surface area (Å²) in [5.74, 6) is 0.867. The third-order valence-electron chi connectivity index (χ3n) is 2.65. The SMILES string of the molecule is COc1ccc(NC2NC(=O)CC(C)N2)cc1. The number of hydrogen-bond acceptors (Lipinski definition) is 4. The maximum atomic E-state index is 11.4. The van der Waals surface area contributed by atoms with Crippen molar-refractivity contribution in [3.8, 4) is 5.75 Å². The second-order valence-electron chi connectivity index (χ2n) is 4.15. The lowest BCUT2D eigenvalue weighted by Crippen LogP contribution is -2.59. The van der Waals surface area contributed by atoms with Crippen LogP contribution >= 0.6 is 0 Å². The van der Waals surface area contributed by atoms with Gasteiger partial charge in [0.1, 0.15) is 5.75 Å². The molecule has 3 N–H and O–H groups in total. The van der Waals surface area contributed by atoms with E-state index >= 15 is 0 Å². The molecule has 0 aromatic heterocycles. The third kappa shape index (κ3) is 3.10. The Labute approximate surface area is 101 Å². The number of carbonyl (C=O) groups excluding carboxylic acids is 1. The molecule has 2 atom stereocenters. The Morgan fingerprint density at radius 1 is 1.35 bits per heavy atom. The van der Waals surface area contributed by atoms with Crippen LogP contribution in [0.3, 0.4) is 0 Å². The highest BCUT2D eigenvalue weighted by atomic mass is 16.5. The van der Waals surface area contributed by atoms with Crippen LogP contribution in [0.5, 0.6) is 5.75 Å². The summed E-state index contributed by atoms with van der Waals surface area (Å²) in [7, 11) is 1.63. The minimum absolute atomic E-state index is 0.0576. The van der Waals surface area contributed by atoms with E-state index in [1.54, 1.807) is 7.11 Å². The van der Waals surface area contributed by atoms with Crippen molar-refractivity contribution in [3.63, 3.8) is 0 Å². The maximum absolute atomic E-state index is 11.4. The number of hydrogen-bond donors (Lipinski definition) is 3. The first-order chi connectivity index (χ1) is 8.17. The Kier molecular flexibility index (Phi) is 3.49. The van der Waals surface area contributed by atoms with Gasteiger partial charge in [0.2, 0.25) is 5.91 Å². The average molecular weight is 235 g/mol. The summed E-state index contributed by atoms with van der Waals surface area (Å²) in [6.07, 6.45) is 0.292. The first kappa shape index (κ1) is 11.7. The molecule has 1 aromatic carbocycles. The number of anilines is 1. The van der Waals surface area contributed by atoms with Crippen LogP contribution in [-0.4, -0.2) is 25.3 Å². The molecule has 0 spiro atoms. The molecule has 92 valence electrons. The highest BCUT2D eigenvalue weighted by Gasteiger charge is 2.22. The average Bonchev–Trinajstić information content (AvgIpc) is 2.28. The molecule has 0 aliphatic carbocycles. The highest BCUT2D eigenvalue weighted by molar-refractivity contribution is 5.78. The third-order valence-corrected chi connectivity index (χ3v) is 2.65. The first-order valence-electron chi connectivity index (χ1n) is 5.63. The number of amides is 1. The second kappa shape index (κ2) is 5.05. The molecule has 5 nitrogen and oxygen atoms in total. The number of rotatable bonds is 3. The van der Waals surface area contributed by atoms with Crippen LogP contribution in [0, 0.1) is 0 Å². The van der Waals surface area contributed by atoms with Crippen LogP contribution in [-0.2, 0) is 4.79 Å². The summed E-state index contributed by atoms with van der Waals surface area (Å²) in [6, 6.07) is 7.74. The van der Waals surface area contributed by atoms with Crippen molar-refractivity contribution >= 4 is 11.6 Å². The summed E-state index contributed by atoms with van der Waals surface area (Å²) in [5.41, 5.74) is 0.928. The van der Waals surface area contributed by atoms with E-state index in [1.165, 1.54) is 0 Å². The highest BCUT2D eigenvalue weighted by Crippen LogP contribution is 2.15. The molecule has 1 aliphatic heterocycles. The minimum atomic E-state index is -0.223. The molecular weight excluding hydrogens is 218 g/mol. The van der Waals surface area contributed by atoms with Gasteiger partial charge in [-0.1, -0.05) is 0 Å². The number of nitrogens with one attached hydrogen (secondary N) is 3. The number of carbonyl (C=O) groups is 1. The number of ether oxygens (including phenoxy) is 1. The van der Waals surface area contributed by atoms with E-state index in [4.69, 9.17) is 4.74 Å². The van der Waals surface area contributed by atoms with Gasteiger partial charge in [0, 0.05) is 18.2 Å². The van der Waals surface area contributed by atoms with E-state index in [-0.39, 0.29) is 18.2 Å². The zero-order valence-electron chi connectivity index (χ0n) is 9.99. The van der Waals surface area contributed by atoms with E-state index in [0.29, 0.717) is 6.42 Å². The predicted octanol–water partition coefficient (Wildman–Crippen LogP) is 0.889. The Morgan fingerprint density at radius 2 is 2.06 bits per heavy atom. The summed E-state index contributed by atoms with van der Waals surface area (Å²) in [4.78, 5) is 11.4. The van der Waals surface area contributed by atoms with Gasteiger partial charge in [-0.05, 0) is 31.2 Å². The lowest BCUT2D eigenvalue weighted by atomic mass is 10.2. The molecule has 1 fully saturated rings. The molecule has 2 rings (SSSR count). The van der Waals surface area contributed by atoms with Crippen LogP contribution in [0.25, 0.3) is 0 Å². The molecule has 2 unspecified atom stereocenters. The van der Waals surface area contributed by atoms with Gasteiger partial charge in [-0.15, -0.1) is 0 Å². The Morgan fingerprint density at radius 3 is 2.65 bits per heavy atom. The van der Waals surface area contributed by atoms with Crippen LogP contribution in [0.1, 0.15) is 13.3 Å².